The highest BCUT2D eigenvalue weighted by atomic mass is 35.5. The Kier molecular flexibility index (Phi) is 4.32. The van der Waals surface area contributed by atoms with Crippen LogP contribution in [0.1, 0.15) is 40.1 Å². The van der Waals surface area contributed by atoms with Gasteiger partial charge in [0, 0.05) is 12.3 Å². The predicted molar refractivity (Wildman–Crippen MR) is 82.7 cm³/mol. The molecule has 0 spiro atoms. The summed E-state index contributed by atoms with van der Waals surface area (Å²) in [6.45, 7) is 6.50. The standard InChI is InChI=1S/C15H15ClN2O4/c1-5-22-15(21)11-7(2)6-10-12(8(11)3)14(20)18(9(4)19)17-13(10)16/h6H,5H2,1-4H3. The van der Waals surface area contributed by atoms with Crippen molar-refractivity contribution >= 4 is 34.2 Å². The molecular weight excluding hydrogens is 308 g/mol. The van der Waals surface area contributed by atoms with Gasteiger partial charge in [-0.1, -0.05) is 11.6 Å². The third kappa shape index (κ3) is 2.50. The molecule has 0 aliphatic heterocycles. The number of fused-ring (bicyclic) bond motifs is 1. The Labute approximate surface area is 131 Å². The van der Waals surface area contributed by atoms with Crippen molar-refractivity contribution in [2.75, 3.05) is 6.61 Å². The Morgan fingerprint density at radius 3 is 2.55 bits per heavy atom. The first-order chi connectivity index (χ1) is 10.3. The van der Waals surface area contributed by atoms with Crippen molar-refractivity contribution < 1.29 is 14.3 Å². The number of hydrogen-bond acceptors (Lipinski definition) is 5. The van der Waals surface area contributed by atoms with Crippen molar-refractivity contribution in [3.63, 3.8) is 0 Å². The maximum atomic E-state index is 12.5. The SMILES string of the molecule is CCOC(=O)c1c(C)cc2c(Cl)nn(C(C)=O)c(=O)c2c1C. The summed E-state index contributed by atoms with van der Waals surface area (Å²) in [4.78, 5) is 36.1. The maximum absolute atomic E-state index is 12.5. The minimum absolute atomic E-state index is 0.0337. The van der Waals surface area contributed by atoms with E-state index in [1.807, 2.05) is 0 Å². The average Bonchev–Trinajstić information content (AvgIpc) is 2.42. The number of benzene rings is 1. The van der Waals surface area contributed by atoms with Crippen LogP contribution in [0.5, 0.6) is 0 Å². The number of aromatic nitrogens is 2. The molecule has 1 aromatic carbocycles. The van der Waals surface area contributed by atoms with Gasteiger partial charge in [0.25, 0.3) is 5.56 Å². The molecule has 1 aromatic heterocycles. The molecular formula is C15H15ClN2O4. The molecule has 0 unspecified atom stereocenters. The van der Waals surface area contributed by atoms with E-state index in [0.29, 0.717) is 26.8 Å². The molecule has 2 aromatic rings. The molecule has 0 bridgehead atoms. The highest BCUT2D eigenvalue weighted by Crippen LogP contribution is 2.27. The lowest BCUT2D eigenvalue weighted by Crippen LogP contribution is -2.28. The van der Waals surface area contributed by atoms with Crippen molar-refractivity contribution in [3.8, 4) is 0 Å². The van der Waals surface area contributed by atoms with E-state index < -0.39 is 17.4 Å². The summed E-state index contributed by atoms with van der Waals surface area (Å²) in [5.41, 5.74) is 0.767. The van der Waals surface area contributed by atoms with Gasteiger partial charge in [0.2, 0.25) is 5.91 Å². The fourth-order valence-corrected chi connectivity index (χ4v) is 2.67. The molecule has 2 rings (SSSR count). The Hall–Kier alpha value is -2.21. The molecule has 6 nitrogen and oxygen atoms in total. The maximum Gasteiger partial charge on any atom is 0.338 e. The lowest BCUT2D eigenvalue weighted by atomic mass is 9.97. The summed E-state index contributed by atoms with van der Waals surface area (Å²) in [6, 6.07) is 1.61. The van der Waals surface area contributed by atoms with E-state index in [0.717, 1.165) is 0 Å². The highest BCUT2D eigenvalue weighted by Gasteiger charge is 2.21. The van der Waals surface area contributed by atoms with Crippen LogP contribution in [-0.2, 0) is 4.74 Å². The van der Waals surface area contributed by atoms with Gasteiger partial charge in [0.15, 0.2) is 5.15 Å². The monoisotopic (exact) mass is 322 g/mol. The number of rotatable bonds is 2. The largest absolute Gasteiger partial charge is 0.462 e. The van der Waals surface area contributed by atoms with Gasteiger partial charge in [-0.3, -0.25) is 9.59 Å². The van der Waals surface area contributed by atoms with Crippen LogP contribution in [0.3, 0.4) is 0 Å². The van der Waals surface area contributed by atoms with Crippen LogP contribution in [0.15, 0.2) is 10.9 Å². The number of halogens is 1. The Morgan fingerprint density at radius 1 is 1.36 bits per heavy atom. The molecule has 0 amide bonds. The van der Waals surface area contributed by atoms with Crippen LogP contribution in [-0.4, -0.2) is 28.3 Å². The molecule has 0 aliphatic carbocycles. The topological polar surface area (TPSA) is 78.3 Å². The number of esters is 1. The van der Waals surface area contributed by atoms with E-state index in [4.69, 9.17) is 16.3 Å². The molecule has 0 atom stereocenters. The van der Waals surface area contributed by atoms with E-state index in [1.54, 1.807) is 26.8 Å². The predicted octanol–water partition coefficient (Wildman–Crippen LogP) is 2.50. The molecule has 7 heteroatoms. The van der Waals surface area contributed by atoms with Crippen LogP contribution in [0.4, 0.5) is 0 Å². The van der Waals surface area contributed by atoms with Crippen molar-refractivity contribution in [2.24, 2.45) is 0 Å². The minimum Gasteiger partial charge on any atom is -0.462 e. The normalized spacial score (nSPS) is 10.8. The summed E-state index contributed by atoms with van der Waals surface area (Å²) < 4.78 is 5.72. The molecule has 1 heterocycles. The van der Waals surface area contributed by atoms with Crippen LogP contribution < -0.4 is 5.56 Å². The van der Waals surface area contributed by atoms with E-state index in [2.05, 4.69) is 5.10 Å². The van der Waals surface area contributed by atoms with E-state index >= 15 is 0 Å². The van der Waals surface area contributed by atoms with Gasteiger partial charge >= 0.3 is 5.97 Å². The lowest BCUT2D eigenvalue weighted by Gasteiger charge is -2.13. The van der Waals surface area contributed by atoms with Crippen LogP contribution in [0.25, 0.3) is 10.8 Å². The molecule has 0 saturated carbocycles. The smallest absolute Gasteiger partial charge is 0.338 e. The molecule has 0 fully saturated rings. The zero-order chi connectivity index (χ0) is 16.6. The zero-order valence-electron chi connectivity index (χ0n) is 12.7. The second kappa shape index (κ2) is 5.88. The van der Waals surface area contributed by atoms with Crippen molar-refractivity contribution in [3.05, 3.63) is 38.3 Å². The lowest BCUT2D eigenvalue weighted by molar-refractivity contribution is 0.0525. The highest BCUT2D eigenvalue weighted by molar-refractivity contribution is 6.34. The Morgan fingerprint density at radius 2 is 2.00 bits per heavy atom. The summed E-state index contributed by atoms with van der Waals surface area (Å²) in [7, 11) is 0. The van der Waals surface area contributed by atoms with E-state index in [1.165, 1.54) is 6.92 Å². The first-order valence-electron chi connectivity index (χ1n) is 6.70. The summed E-state index contributed by atoms with van der Waals surface area (Å²) in [6.07, 6.45) is 0. The number of carbonyl (C=O) groups excluding carboxylic acids is 2. The molecule has 22 heavy (non-hydrogen) atoms. The molecule has 0 N–H and O–H groups in total. The number of carbonyl (C=O) groups is 2. The first-order valence-corrected chi connectivity index (χ1v) is 7.08. The van der Waals surface area contributed by atoms with Gasteiger partial charge in [-0.2, -0.15) is 4.68 Å². The number of nitrogens with zero attached hydrogens (tertiary/aromatic N) is 2. The van der Waals surface area contributed by atoms with Crippen molar-refractivity contribution in [2.45, 2.75) is 27.7 Å². The van der Waals surface area contributed by atoms with Gasteiger partial charge in [-0.25, -0.2) is 4.79 Å². The molecule has 0 saturated heterocycles. The van der Waals surface area contributed by atoms with Crippen molar-refractivity contribution in [1.29, 1.82) is 0 Å². The van der Waals surface area contributed by atoms with Crippen LogP contribution >= 0.6 is 11.6 Å². The first kappa shape index (κ1) is 16.2. The second-order valence-electron chi connectivity index (χ2n) is 4.86. The van der Waals surface area contributed by atoms with Crippen LogP contribution in [0, 0.1) is 13.8 Å². The Balaban J connectivity index is 2.95. The fourth-order valence-electron chi connectivity index (χ4n) is 2.45. The van der Waals surface area contributed by atoms with Crippen molar-refractivity contribution in [1.82, 2.24) is 9.78 Å². The van der Waals surface area contributed by atoms with Gasteiger partial charge in [0.1, 0.15) is 0 Å². The Bertz CT molecular complexity index is 855. The summed E-state index contributed by atoms with van der Waals surface area (Å²) in [5.74, 6) is -1.06. The van der Waals surface area contributed by atoms with Gasteiger partial charge in [-0.05, 0) is 38.0 Å². The van der Waals surface area contributed by atoms with E-state index in [-0.39, 0.29) is 17.1 Å². The number of ether oxygens (including phenoxy) is 1. The number of aryl methyl sites for hydroxylation is 2. The zero-order valence-corrected chi connectivity index (χ0v) is 13.4. The second-order valence-corrected chi connectivity index (χ2v) is 5.22. The third-order valence-corrected chi connectivity index (χ3v) is 3.65. The fraction of sp³-hybridized carbons (Fsp3) is 0.333. The number of hydrogen-bond donors (Lipinski definition) is 0. The summed E-state index contributed by atoms with van der Waals surface area (Å²) >= 11 is 6.08. The van der Waals surface area contributed by atoms with Gasteiger partial charge in [0.05, 0.1) is 17.6 Å². The van der Waals surface area contributed by atoms with Crippen LogP contribution in [0.2, 0.25) is 5.15 Å². The molecule has 0 radical (unpaired) electrons. The molecule has 116 valence electrons. The molecule has 0 aliphatic rings. The third-order valence-electron chi connectivity index (χ3n) is 3.37. The quantitative estimate of drug-likeness (QED) is 0.794. The van der Waals surface area contributed by atoms with E-state index in [9.17, 15) is 14.4 Å². The van der Waals surface area contributed by atoms with Gasteiger partial charge < -0.3 is 4.74 Å². The average molecular weight is 323 g/mol. The minimum atomic E-state index is -0.602. The van der Waals surface area contributed by atoms with Gasteiger partial charge in [-0.15, -0.1) is 5.10 Å². The summed E-state index contributed by atoms with van der Waals surface area (Å²) in [5, 5.41) is 4.44.